The molecular weight excluding hydrogens is 278 g/mol. The highest BCUT2D eigenvalue weighted by molar-refractivity contribution is 5.96. The second-order valence-corrected chi connectivity index (χ2v) is 5.74. The average Bonchev–Trinajstić information content (AvgIpc) is 2.82. The number of pyridine rings is 1. The van der Waals surface area contributed by atoms with Gasteiger partial charge in [0.25, 0.3) is 5.91 Å². The number of carbonyl (C=O) groups is 1. The van der Waals surface area contributed by atoms with E-state index in [0.717, 1.165) is 22.8 Å². The summed E-state index contributed by atoms with van der Waals surface area (Å²) in [5.41, 5.74) is 2.69. The van der Waals surface area contributed by atoms with Gasteiger partial charge in [-0.1, -0.05) is 6.07 Å². The third-order valence-corrected chi connectivity index (χ3v) is 4.07. The fourth-order valence-corrected chi connectivity index (χ4v) is 2.99. The van der Waals surface area contributed by atoms with Crippen LogP contribution in [0.25, 0.3) is 5.82 Å². The van der Waals surface area contributed by atoms with Gasteiger partial charge in [0.2, 0.25) is 0 Å². The Morgan fingerprint density at radius 2 is 2.18 bits per heavy atom. The molecule has 0 aromatic carbocycles. The van der Waals surface area contributed by atoms with E-state index in [0.29, 0.717) is 19.7 Å². The number of nitrogens with zero attached hydrogens (tertiary/aromatic N) is 3. The van der Waals surface area contributed by atoms with Crippen LogP contribution in [-0.2, 0) is 4.74 Å². The standard InChI is InChI=1S/C17H21N3O2/c1-12-10-15(17(21)19-8-9-22-13(2)11-19)14(3)20(12)16-6-4-5-7-18-16/h4-7,10,13H,8-9,11H2,1-3H3. The molecule has 116 valence electrons. The Balaban J connectivity index is 1.94. The van der Waals surface area contributed by atoms with Crippen LogP contribution in [-0.4, -0.2) is 46.2 Å². The highest BCUT2D eigenvalue weighted by Crippen LogP contribution is 2.21. The monoisotopic (exact) mass is 299 g/mol. The molecule has 0 saturated carbocycles. The summed E-state index contributed by atoms with van der Waals surface area (Å²) in [6.45, 7) is 7.87. The maximum atomic E-state index is 12.8. The Kier molecular flexibility index (Phi) is 3.98. The van der Waals surface area contributed by atoms with E-state index in [2.05, 4.69) is 4.98 Å². The number of amides is 1. The molecule has 0 spiro atoms. The van der Waals surface area contributed by atoms with E-state index in [-0.39, 0.29) is 12.0 Å². The lowest BCUT2D eigenvalue weighted by atomic mass is 10.2. The Hall–Kier alpha value is -2.14. The Morgan fingerprint density at radius 3 is 2.86 bits per heavy atom. The van der Waals surface area contributed by atoms with Gasteiger partial charge < -0.3 is 14.2 Å². The summed E-state index contributed by atoms with van der Waals surface area (Å²) in [5, 5.41) is 0. The van der Waals surface area contributed by atoms with Crippen molar-refractivity contribution < 1.29 is 9.53 Å². The minimum Gasteiger partial charge on any atom is -0.375 e. The van der Waals surface area contributed by atoms with Crippen LogP contribution in [0.5, 0.6) is 0 Å². The summed E-state index contributed by atoms with van der Waals surface area (Å²) in [4.78, 5) is 19.1. The maximum Gasteiger partial charge on any atom is 0.255 e. The van der Waals surface area contributed by atoms with E-state index in [9.17, 15) is 4.79 Å². The predicted octanol–water partition coefficient (Wildman–Crippen LogP) is 2.35. The normalized spacial score (nSPS) is 18.5. The summed E-state index contributed by atoms with van der Waals surface area (Å²) < 4.78 is 7.54. The number of hydrogen-bond donors (Lipinski definition) is 0. The van der Waals surface area contributed by atoms with Crippen molar-refractivity contribution in [3.05, 3.63) is 47.4 Å². The summed E-state index contributed by atoms with van der Waals surface area (Å²) in [6.07, 6.45) is 1.86. The van der Waals surface area contributed by atoms with Gasteiger partial charge in [0.05, 0.1) is 18.3 Å². The van der Waals surface area contributed by atoms with Crippen LogP contribution < -0.4 is 0 Å². The highest BCUT2D eigenvalue weighted by Gasteiger charge is 2.25. The van der Waals surface area contributed by atoms with E-state index >= 15 is 0 Å². The van der Waals surface area contributed by atoms with E-state index in [1.807, 2.05) is 54.5 Å². The van der Waals surface area contributed by atoms with E-state index in [1.165, 1.54) is 0 Å². The molecule has 1 amide bonds. The minimum atomic E-state index is 0.0745. The molecule has 2 aromatic heterocycles. The van der Waals surface area contributed by atoms with Crippen LogP contribution in [0.4, 0.5) is 0 Å². The summed E-state index contributed by atoms with van der Waals surface area (Å²) in [6, 6.07) is 7.74. The first-order valence-corrected chi connectivity index (χ1v) is 7.59. The van der Waals surface area contributed by atoms with Crippen molar-refractivity contribution in [2.45, 2.75) is 26.9 Å². The number of carbonyl (C=O) groups excluding carboxylic acids is 1. The molecule has 1 aliphatic rings. The van der Waals surface area contributed by atoms with E-state index < -0.39 is 0 Å². The first-order valence-electron chi connectivity index (χ1n) is 7.59. The predicted molar refractivity (Wildman–Crippen MR) is 84.4 cm³/mol. The van der Waals surface area contributed by atoms with Crippen LogP contribution in [0.2, 0.25) is 0 Å². The molecular formula is C17H21N3O2. The van der Waals surface area contributed by atoms with Crippen LogP contribution in [0.3, 0.4) is 0 Å². The van der Waals surface area contributed by atoms with Crippen LogP contribution >= 0.6 is 0 Å². The SMILES string of the molecule is Cc1cc(C(=O)N2CCOC(C)C2)c(C)n1-c1ccccn1. The minimum absolute atomic E-state index is 0.0745. The van der Waals surface area contributed by atoms with Crippen molar-refractivity contribution in [3.8, 4) is 5.82 Å². The highest BCUT2D eigenvalue weighted by atomic mass is 16.5. The third kappa shape index (κ3) is 2.64. The first kappa shape index (κ1) is 14.8. The van der Waals surface area contributed by atoms with Crippen LogP contribution in [0, 0.1) is 13.8 Å². The average molecular weight is 299 g/mol. The lowest BCUT2D eigenvalue weighted by Crippen LogP contribution is -2.44. The first-order chi connectivity index (χ1) is 10.6. The molecule has 0 bridgehead atoms. The molecule has 3 heterocycles. The number of aryl methyl sites for hydroxylation is 1. The lowest BCUT2D eigenvalue weighted by Gasteiger charge is -2.31. The van der Waals surface area contributed by atoms with Gasteiger partial charge in [0.1, 0.15) is 5.82 Å². The molecule has 5 heteroatoms. The van der Waals surface area contributed by atoms with Crippen molar-refractivity contribution >= 4 is 5.91 Å². The van der Waals surface area contributed by atoms with E-state index in [1.54, 1.807) is 6.20 Å². The fraction of sp³-hybridized carbons (Fsp3) is 0.412. The number of hydrogen-bond acceptors (Lipinski definition) is 3. The van der Waals surface area contributed by atoms with Crippen molar-refractivity contribution in [1.82, 2.24) is 14.5 Å². The zero-order chi connectivity index (χ0) is 15.7. The topological polar surface area (TPSA) is 47.4 Å². The van der Waals surface area contributed by atoms with Gasteiger partial charge in [-0.25, -0.2) is 4.98 Å². The summed E-state index contributed by atoms with van der Waals surface area (Å²) in [7, 11) is 0. The van der Waals surface area contributed by atoms with Crippen LogP contribution in [0.15, 0.2) is 30.5 Å². The fourth-order valence-electron chi connectivity index (χ4n) is 2.99. The molecule has 3 rings (SSSR count). The molecule has 2 aromatic rings. The lowest BCUT2D eigenvalue weighted by molar-refractivity contribution is -0.0124. The van der Waals surface area contributed by atoms with Gasteiger partial charge in [-0.3, -0.25) is 4.79 Å². The quantitative estimate of drug-likeness (QED) is 0.855. The molecule has 0 aliphatic carbocycles. The third-order valence-electron chi connectivity index (χ3n) is 4.07. The Morgan fingerprint density at radius 1 is 1.36 bits per heavy atom. The van der Waals surface area contributed by atoms with Crippen molar-refractivity contribution in [1.29, 1.82) is 0 Å². The van der Waals surface area contributed by atoms with Gasteiger partial charge in [-0.05, 0) is 39.0 Å². The molecule has 22 heavy (non-hydrogen) atoms. The van der Waals surface area contributed by atoms with Gasteiger partial charge in [-0.2, -0.15) is 0 Å². The second-order valence-electron chi connectivity index (χ2n) is 5.74. The Labute approximate surface area is 130 Å². The summed E-state index contributed by atoms with van der Waals surface area (Å²) in [5.74, 6) is 0.914. The number of ether oxygens (including phenoxy) is 1. The second kappa shape index (κ2) is 5.93. The van der Waals surface area contributed by atoms with Gasteiger partial charge in [0.15, 0.2) is 0 Å². The van der Waals surface area contributed by atoms with Crippen LogP contribution in [0.1, 0.15) is 28.7 Å². The molecule has 0 N–H and O–H groups in total. The smallest absolute Gasteiger partial charge is 0.255 e. The molecule has 0 radical (unpaired) electrons. The van der Waals surface area contributed by atoms with Crippen molar-refractivity contribution in [3.63, 3.8) is 0 Å². The number of morpholine rings is 1. The zero-order valence-electron chi connectivity index (χ0n) is 13.2. The van der Waals surface area contributed by atoms with Gasteiger partial charge in [0, 0.05) is 30.7 Å². The molecule has 1 fully saturated rings. The van der Waals surface area contributed by atoms with Gasteiger partial charge >= 0.3 is 0 Å². The number of rotatable bonds is 2. The molecule has 1 saturated heterocycles. The maximum absolute atomic E-state index is 12.8. The van der Waals surface area contributed by atoms with E-state index in [4.69, 9.17) is 4.74 Å². The Bertz CT molecular complexity index is 679. The summed E-state index contributed by atoms with van der Waals surface area (Å²) >= 11 is 0. The zero-order valence-corrected chi connectivity index (χ0v) is 13.2. The van der Waals surface area contributed by atoms with Gasteiger partial charge in [-0.15, -0.1) is 0 Å². The molecule has 1 unspecified atom stereocenters. The molecule has 1 atom stereocenters. The number of aromatic nitrogens is 2. The largest absolute Gasteiger partial charge is 0.375 e. The van der Waals surface area contributed by atoms with Crippen molar-refractivity contribution in [2.24, 2.45) is 0 Å². The molecule has 1 aliphatic heterocycles. The van der Waals surface area contributed by atoms with Crippen molar-refractivity contribution in [2.75, 3.05) is 19.7 Å². The molecule has 5 nitrogen and oxygen atoms in total.